The van der Waals surface area contributed by atoms with E-state index in [4.69, 9.17) is 12.2 Å². The largest absolute Gasteiger partial charge is 0.328 e. The molecule has 1 aliphatic rings. The van der Waals surface area contributed by atoms with Crippen molar-refractivity contribution >= 4 is 23.4 Å². The van der Waals surface area contributed by atoms with Crippen molar-refractivity contribution in [3.63, 3.8) is 0 Å². The number of H-pyrrole nitrogens is 1. The predicted octanol–water partition coefficient (Wildman–Crippen LogP) is 3.49. The minimum Gasteiger partial charge on any atom is -0.328 e. The van der Waals surface area contributed by atoms with E-state index in [1.165, 1.54) is 19.3 Å². The first-order valence-electron chi connectivity index (χ1n) is 6.55. The van der Waals surface area contributed by atoms with Crippen molar-refractivity contribution in [2.75, 3.05) is 0 Å². The first-order chi connectivity index (χ1) is 8.42. The highest BCUT2D eigenvalue weighted by Crippen LogP contribution is 2.47. The van der Waals surface area contributed by atoms with Gasteiger partial charge in [-0.2, -0.15) is 5.10 Å². The summed E-state index contributed by atoms with van der Waals surface area (Å²) in [6.07, 6.45) is 3.75. The molecule has 4 nitrogen and oxygen atoms in total. The van der Waals surface area contributed by atoms with E-state index >= 15 is 0 Å². The number of hydrogen-bond acceptors (Lipinski definition) is 2. The van der Waals surface area contributed by atoms with Crippen molar-refractivity contribution < 1.29 is 0 Å². The summed E-state index contributed by atoms with van der Waals surface area (Å²) in [6, 6.07) is 0.480. The van der Waals surface area contributed by atoms with Crippen LogP contribution in [0.25, 0.3) is 11.2 Å². The minimum absolute atomic E-state index is 0.311. The number of aromatic amines is 1. The molecule has 2 aromatic rings. The lowest BCUT2D eigenvalue weighted by Crippen LogP contribution is -2.22. The van der Waals surface area contributed by atoms with Gasteiger partial charge in [-0.3, -0.25) is 9.25 Å². The number of hydrogen-bond donors (Lipinski definition) is 1. The van der Waals surface area contributed by atoms with E-state index in [1.54, 1.807) is 0 Å². The van der Waals surface area contributed by atoms with Crippen molar-refractivity contribution in [2.45, 2.75) is 46.1 Å². The fraction of sp³-hybridized carbons (Fsp3) is 0.692. The molecule has 0 radical (unpaired) electrons. The average Bonchev–Trinajstić information content (AvgIpc) is 2.85. The lowest BCUT2D eigenvalue weighted by molar-refractivity contribution is 0.262. The molecule has 5 heteroatoms. The third-order valence-electron chi connectivity index (χ3n) is 4.38. The molecule has 0 aliphatic heterocycles. The van der Waals surface area contributed by atoms with E-state index in [9.17, 15) is 0 Å². The summed E-state index contributed by atoms with van der Waals surface area (Å²) >= 11 is 5.53. The van der Waals surface area contributed by atoms with Crippen molar-refractivity contribution in [3.05, 3.63) is 10.5 Å². The smallest absolute Gasteiger partial charge is 0.179 e. The number of imidazole rings is 1. The second kappa shape index (κ2) is 3.70. The summed E-state index contributed by atoms with van der Waals surface area (Å²) in [4.78, 5) is 3.33. The number of aromatic nitrogens is 4. The average molecular weight is 264 g/mol. The molecule has 1 unspecified atom stereocenters. The van der Waals surface area contributed by atoms with Crippen LogP contribution in [0.4, 0.5) is 0 Å². The van der Waals surface area contributed by atoms with E-state index in [0.717, 1.165) is 21.6 Å². The van der Waals surface area contributed by atoms with Gasteiger partial charge in [0.15, 0.2) is 10.4 Å². The zero-order valence-electron chi connectivity index (χ0n) is 11.4. The molecule has 0 spiro atoms. The van der Waals surface area contributed by atoms with Crippen molar-refractivity contribution in [3.8, 4) is 0 Å². The maximum Gasteiger partial charge on any atom is 0.179 e. The van der Waals surface area contributed by atoms with Gasteiger partial charge in [0.2, 0.25) is 0 Å². The fourth-order valence-corrected chi connectivity index (χ4v) is 3.72. The molecule has 98 valence electrons. The van der Waals surface area contributed by atoms with Gasteiger partial charge in [-0.1, -0.05) is 20.3 Å². The van der Waals surface area contributed by atoms with E-state index in [0.29, 0.717) is 11.5 Å². The molecule has 0 aromatic carbocycles. The molecule has 1 atom stereocenters. The number of aryl methyl sites for hydroxylation is 2. The second-order valence-electron chi connectivity index (χ2n) is 6.10. The van der Waals surface area contributed by atoms with Crippen LogP contribution in [0, 0.1) is 17.1 Å². The molecule has 2 heterocycles. The predicted molar refractivity (Wildman–Crippen MR) is 75.3 cm³/mol. The Bertz CT molecular complexity index is 658. The van der Waals surface area contributed by atoms with Crippen molar-refractivity contribution in [2.24, 2.45) is 12.5 Å². The molecule has 0 bridgehead atoms. The Morgan fingerprint density at radius 2 is 2.17 bits per heavy atom. The zero-order chi connectivity index (χ0) is 13.1. The summed E-state index contributed by atoms with van der Waals surface area (Å²) in [5.74, 6) is 0. The van der Waals surface area contributed by atoms with Gasteiger partial charge >= 0.3 is 0 Å². The molecule has 1 N–H and O–H groups in total. The molecular weight excluding hydrogens is 244 g/mol. The van der Waals surface area contributed by atoms with Gasteiger partial charge in [-0.15, -0.1) is 0 Å². The van der Waals surface area contributed by atoms with Gasteiger partial charge in [-0.05, 0) is 37.4 Å². The molecule has 2 aromatic heterocycles. The van der Waals surface area contributed by atoms with E-state index in [-0.39, 0.29) is 0 Å². The first kappa shape index (κ1) is 12.0. The van der Waals surface area contributed by atoms with Crippen LogP contribution in [-0.4, -0.2) is 19.3 Å². The van der Waals surface area contributed by atoms with Gasteiger partial charge < -0.3 is 4.98 Å². The Kier molecular flexibility index (Phi) is 2.46. The van der Waals surface area contributed by atoms with Crippen LogP contribution >= 0.6 is 12.2 Å². The SMILES string of the molecule is Cc1nn(C)c2c1[nH]c(=S)n2C1CCCC1(C)C. The molecule has 0 saturated heterocycles. The normalized spacial score (nSPS) is 23.0. The Balaban J connectivity index is 2.29. The Morgan fingerprint density at radius 1 is 1.44 bits per heavy atom. The summed E-state index contributed by atoms with van der Waals surface area (Å²) < 4.78 is 5.07. The van der Waals surface area contributed by atoms with Gasteiger partial charge in [0.25, 0.3) is 0 Å². The maximum absolute atomic E-state index is 5.53. The van der Waals surface area contributed by atoms with Crippen LogP contribution in [0.15, 0.2) is 0 Å². The van der Waals surface area contributed by atoms with Gasteiger partial charge in [0.05, 0.1) is 5.69 Å². The fourth-order valence-electron chi connectivity index (χ4n) is 3.41. The van der Waals surface area contributed by atoms with Crippen molar-refractivity contribution in [1.82, 2.24) is 19.3 Å². The van der Waals surface area contributed by atoms with E-state index < -0.39 is 0 Å². The topological polar surface area (TPSA) is 38.5 Å². The summed E-state index contributed by atoms with van der Waals surface area (Å²) in [5, 5.41) is 4.49. The first-order valence-corrected chi connectivity index (χ1v) is 6.96. The second-order valence-corrected chi connectivity index (χ2v) is 6.49. The maximum atomic E-state index is 5.53. The molecule has 18 heavy (non-hydrogen) atoms. The Hall–Kier alpha value is -1.10. The molecule has 1 saturated carbocycles. The number of nitrogens with one attached hydrogen (secondary N) is 1. The Labute approximate surface area is 112 Å². The summed E-state index contributed by atoms with van der Waals surface area (Å²) in [6.45, 7) is 6.71. The van der Waals surface area contributed by atoms with Crippen LogP contribution in [0.2, 0.25) is 0 Å². The number of nitrogens with zero attached hydrogens (tertiary/aromatic N) is 3. The Morgan fingerprint density at radius 3 is 2.78 bits per heavy atom. The van der Waals surface area contributed by atoms with Gasteiger partial charge in [0.1, 0.15) is 5.52 Å². The summed E-state index contributed by atoms with van der Waals surface area (Å²) in [5.41, 5.74) is 3.56. The van der Waals surface area contributed by atoms with E-state index in [2.05, 4.69) is 28.5 Å². The molecule has 3 rings (SSSR count). The van der Waals surface area contributed by atoms with Crippen LogP contribution < -0.4 is 0 Å². The van der Waals surface area contributed by atoms with E-state index in [1.807, 2.05) is 18.7 Å². The monoisotopic (exact) mass is 264 g/mol. The van der Waals surface area contributed by atoms with Crippen LogP contribution in [0.1, 0.15) is 44.8 Å². The minimum atomic E-state index is 0.311. The van der Waals surface area contributed by atoms with Crippen LogP contribution in [0.5, 0.6) is 0 Å². The molecule has 1 aliphatic carbocycles. The highest BCUT2D eigenvalue weighted by atomic mass is 32.1. The summed E-state index contributed by atoms with van der Waals surface area (Å²) in [7, 11) is 2.00. The number of fused-ring (bicyclic) bond motifs is 1. The standard InChI is InChI=1S/C13H20N4S/c1-8-10-11(16(4)15-8)17(12(18)14-10)9-6-5-7-13(9,2)3/h9H,5-7H2,1-4H3,(H,14,18). The van der Waals surface area contributed by atoms with Crippen molar-refractivity contribution in [1.29, 1.82) is 0 Å². The zero-order valence-corrected chi connectivity index (χ0v) is 12.3. The number of rotatable bonds is 1. The lowest BCUT2D eigenvalue weighted by Gasteiger charge is -2.28. The molecule has 1 fully saturated rings. The van der Waals surface area contributed by atoms with Gasteiger partial charge in [0, 0.05) is 13.1 Å². The highest BCUT2D eigenvalue weighted by molar-refractivity contribution is 7.71. The molecule has 0 amide bonds. The molecular formula is C13H20N4S. The lowest BCUT2D eigenvalue weighted by atomic mass is 9.87. The van der Waals surface area contributed by atoms with Gasteiger partial charge in [-0.25, -0.2) is 0 Å². The third-order valence-corrected chi connectivity index (χ3v) is 4.68. The van der Waals surface area contributed by atoms with Crippen LogP contribution in [0.3, 0.4) is 0 Å². The third kappa shape index (κ3) is 1.49. The quantitative estimate of drug-likeness (QED) is 0.801. The van der Waals surface area contributed by atoms with Crippen LogP contribution in [-0.2, 0) is 7.05 Å². The highest BCUT2D eigenvalue weighted by Gasteiger charge is 2.37.